The van der Waals surface area contributed by atoms with Gasteiger partial charge in [-0.25, -0.2) is 13.6 Å². The summed E-state index contributed by atoms with van der Waals surface area (Å²) in [4.78, 5) is 24.4. The zero-order chi connectivity index (χ0) is 18.8. The van der Waals surface area contributed by atoms with Crippen LogP contribution in [-0.4, -0.2) is 41.0 Å². The summed E-state index contributed by atoms with van der Waals surface area (Å²) in [5.41, 5.74) is -2.17. The predicted molar refractivity (Wildman–Crippen MR) is 89.4 cm³/mol. The molecule has 0 saturated heterocycles. The molecule has 25 heavy (non-hydrogen) atoms. The van der Waals surface area contributed by atoms with Gasteiger partial charge in [-0.3, -0.25) is 4.79 Å². The molecule has 1 aromatic rings. The molecule has 0 bridgehead atoms. The Morgan fingerprint density at radius 3 is 2.56 bits per heavy atom. The molecule has 2 atom stereocenters. The lowest BCUT2D eigenvalue weighted by atomic mass is 9.54. The fourth-order valence-corrected chi connectivity index (χ4v) is 3.75. The first kappa shape index (κ1) is 19.7. The Morgan fingerprint density at radius 2 is 2.04 bits per heavy atom. The van der Waals surface area contributed by atoms with Crippen LogP contribution in [0.5, 0.6) is 0 Å². The molecular formula is C17H21F2NO4S. The van der Waals surface area contributed by atoms with Crippen LogP contribution in [0.15, 0.2) is 23.1 Å². The van der Waals surface area contributed by atoms with Crippen LogP contribution in [0.4, 0.5) is 8.78 Å². The van der Waals surface area contributed by atoms with Crippen LogP contribution in [0, 0.1) is 17.0 Å². The van der Waals surface area contributed by atoms with Gasteiger partial charge < -0.3 is 15.2 Å². The minimum atomic E-state index is -1.40. The van der Waals surface area contributed by atoms with E-state index >= 15 is 0 Å². The minimum Gasteiger partial charge on any atom is -0.479 e. The molecule has 5 nitrogen and oxygen atoms in total. The Balaban J connectivity index is 2.02. The molecule has 0 aliphatic heterocycles. The smallest absolute Gasteiger partial charge is 0.330 e. The van der Waals surface area contributed by atoms with Crippen LogP contribution < -0.4 is 5.32 Å². The van der Waals surface area contributed by atoms with E-state index in [1.54, 1.807) is 13.8 Å². The normalized spacial score (nSPS) is 24.4. The number of amides is 1. The molecule has 0 heterocycles. The minimum absolute atomic E-state index is 0.102. The molecule has 1 fully saturated rings. The van der Waals surface area contributed by atoms with Gasteiger partial charge in [0.25, 0.3) is 0 Å². The van der Waals surface area contributed by atoms with Crippen LogP contribution in [-0.2, 0) is 14.3 Å². The largest absolute Gasteiger partial charge is 0.479 e. The molecule has 0 spiro atoms. The summed E-state index contributed by atoms with van der Waals surface area (Å²) in [6, 6.07) is 3.34. The van der Waals surface area contributed by atoms with Crippen molar-refractivity contribution in [1.29, 1.82) is 0 Å². The fourth-order valence-electron chi connectivity index (χ4n) is 3.03. The number of carboxylic acid groups (broad SMARTS) is 1. The number of hydrogen-bond acceptors (Lipinski definition) is 4. The maximum absolute atomic E-state index is 13.2. The Hall–Kier alpha value is -1.67. The van der Waals surface area contributed by atoms with Crippen molar-refractivity contribution in [2.45, 2.75) is 43.7 Å². The molecule has 2 unspecified atom stereocenters. The topological polar surface area (TPSA) is 75.6 Å². The molecule has 0 radical (unpaired) electrons. The predicted octanol–water partition coefficient (Wildman–Crippen LogP) is 2.83. The summed E-state index contributed by atoms with van der Waals surface area (Å²) in [6.07, 6.45) is -0.0714. The second kappa shape index (κ2) is 7.29. The zero-order valence-corrected chi connectivity index (χ0v) is 15.1. The van der Waals surface area contributed by atoms with Crippen molar-refractivity contribution < 1.29 is 28.2 Å². The highest BCUT2D eigenvalue weighted by atomic mass is 32.2. The van der Waals surface area contributed by atoms with E-state index in [4.69, 9.17) is 4.74 Å². The lowest BCUT2D eigenvalue weighted by molar-refractivity contribution is -0.194. The number of nitrogens with one attached hydrogen (secondary N) is 1. The van der Waals surface area contributed by atoms with Gasteiger partial charge in [0.2, 0.25) is 5.91 Å². The van der Waals surface area contributed by atoms with Crippen LogP contribution in [0.2, 0.25) is 0 Å². The third kappa shape index (κ3) is 3.64. The Morgan fingerprint density at radius 1 is 1.36 bits per heavy atom. The van der Waals surface area contributed by atoms with Crippen LogP contribution in [0.1, 0.15) is 27.2 Å². The third-order valence-electron chi connectivity index (χ3n) is 4.74. The van der Waals surface area contributed by atoms with Gasteiger partial charge in [-0.2, -0.15) is 0 Å². The molecule has 2 rings (SSSR count). The number of aliphatic carboxylic acids is 1. The molecule has 1 aliphatic carbocycles. The molecule has 1 aliphatic rings. The summed E-state index contributed by atoms with van der Waals surface area (Å²) in [5, 5.41) is 12.2. The summed E-state index contributed by atoms with van der Waals surface area (Å²) in [6.45, 7) is 5.78. The highest BCUT2D eigenvalue weighted by molar-refractivity contribution is 8.00. The van der Waals surface area contributed by atoms with Gasteiger partial charge in [-0.15, -0.1) is 11.8 Å². The molecule has 1 aromatic carbocycles. The summed E-state index contributed by atoms with van der Waals surface area (Å²) in [5.74, 6) is -3.65. The average Bonchev–Trinajstić information content (AvgIpc) is 2.54. The number of halogens is 2. The van der Waals surface area contributed by atoms with E-state index in [1.807, 2.05) is 6.92 Å². The monoisotopic (exact) mass is 373 g/mol. The lowest BCUT2D eigenvalue weighted by Gasteiger charge is -2.58. The Bertz CT molecular complexity index is 683. The van der Waals surface area contributed by atoms with Gasteiger partial charge in [0.15, 0.2) is 11.6 Å². The quantitative estimate of drug-likeness (QED) is 0.719. The molecule has 0 aromatic heterocycles. The van der Waals surface area contributed by atoms with Crippen molar-refractivity contribution >= 4 is 23.6 Å². The van der Waals surface area contributed by atoms with Gasteiger partial charge in [0.1, 0.15) is 5.54 Å². The zero-order valence-electron chi connectivity index (χ0n) is 14.3. The summed E-state index contributed by atoms with van der Waals surface area (Å²) in [7, 11) is 0. The number of benzene rings is 1. The van der Waals surface area contributed by atoms with E-state index in [0.717, 1.165) is 23.9 Å². The van der Waals surface area contributed by atoms with Crippen molar-refractivity contribution in [1.82, 2.24) is 5.32 Å². The third-order valence-corrected chi connectivity index (χ3v) is 5.74. The van der Waals surface area contributed by atoms with Gasteiger partial charge in [-0.05, 0) is 25.1 Å². The van der Waals surface area contributed by atoms with Crippen LogP contribution in [0.25, 0.3) is 0 Å². The van der Waals surface area contributed by atoms with E-state index in [9.17, 15) is 23.5 Å². The summed E-state index contributed by atoms with van der Waals surface area (Å²) < 4.78 is 31.6. The highest BCUT2D eigenvalue weighted by Gasteiger charge is 2.66. The maximum atomic E-state index is 13.2. The lowest BCUT2D eigenvalue weighted by Crippen LogP contribution is -2.76. The van der Waals surface area contributed by atoms with Gasteiger partial charge in [-0.1, -0.05) is 13.8 Å². The SMILES string of the molecule is CCOC1CC(NC(=O)CSc2ccc(F)c(F)c2)(C(=O)O)C1(C)C. The van der Waals surface area contributed by atoms with E-state index in [1.165, 1.54) is 6.07 Å². The van der Waals surface area contributed by atoms with Crippen LogP contribution in [0.3, 0.4) is 0 Å². The first-order chi connectivity index (χ1) is 11.6. The second-order valence-electron chi connectivity index (χ2n) is 6.49. The fraction of sp³-hybridized carbons (Fsp3) is 0.529. The van der Waals surface area contributed by atoms with Crippen molar-refractivity contribution in [3.63, 3.8) is 0 Å². The molecule has 138 valence electrons. The van der Waals surface area contributed by atoms with Gasteiger partial charge in [0.05, 0.1) is 11.9 Å². The van der Waals surface area contributed by atoms with Crippen molar-refractivity contribution in [3.8, 4) is 0 Å². The first-order valence-electron chi connectivity index (χ1n) is 7.88. The number of thioether (sulfide) groups is 1. The van der Waals surface area contributed by atoms with E-state index in [-0.39, 0.29) is 18.3 Å². The number of carbonyl (C=O) groups is 2. The average molecular weight is 373 g/mol. The van der Waals surface area contributed by atoms with Crippen LogP contribution >= 0.6 is 11.8 Å². The molecule has 8 heteroatoms. The highest BCUT2D eigenvalue weighted by Crippen LogP contribution is 2.51. The number of ether oxygens (including phenoxy) is 1. The Labute approximate surface area is 149 Å². The van der Waals surface area contributed by atoms with Crippen molar-refractivity contribution in [2.24, 2.45) is 5.41 Å². The number of rotatable bonds is 7. The summed E-state index contributed by atoms with van der Waals surface area (Å²) >= 11 is 1.01. The molecule has 2 N–H and O–H groups in total. The first-order valence-corrected chi connectivity index (χ1v) is 8.86. The van der Waals surface area contributed by atoms with Gasteiger partial charge >= 0.3 is 5.97 Å². The standard InChI is InChI=1S/C17H21F2NO4S/c1-4-24-13-8-17(15(22)23,16(13,2)3)20-14(21)9-25-10-5-6-11(18)12(19)7-10/h5-7,13H,4,8-9H2,1-3H3,(H,20,21)(H,22,23). The van der Waals surface area contributed by atoms with E-state index < -0.39 is 34.5 Å². The maximum Gasteiger partial charge on any atom is 0.330 e. The van der Waals surface area contributed by atoms with E-state index in [0.29, 0.717) is 11.5 Å². The number of carboxylic acids is 1. The Kier molecular flexibility index (Phi) is 5.73. The number of carbonyl (C=O) groups excluding carboxylic acids is 1. The second-order valence-corrected chi connectivity index (χ2v) is 7.54. The van der Waals surface area contributed by atoms with E-state index in [2.05, 4.69) is 5.32 Å². The molecule has 1 saturated carbocycles. The van der Waals surface area contributed by atoms with Crippen molar-refractivity contribution in [2.75, 3.05) is 12.4 Å². The number of hydrogen-bond donors (Lipinski definition) is 2. The molecular weight excluding hydrogens is 352 g/mol. The van der Waals surface area contributed by atoms with Crippen molar-refractivity contribution in [3.05, 3.63) is 29.8 Å². The van der Waals surface area contributed by atoms with Gasteiger partial charge in [0, 0.05) is 23.3 Å². The molecule has 1 amide bonds.